The van der Waals surface area contributed by atoms with Crippen molar-refractivity contribution >= 4 is 17.0 Å². The molecule has 20 heavy (non-hydrogen) atoms. The Labute approximate surface area is 121 Å². The lowest BCUT2D eigenvalue weighted by Gasteiger charge is -2.09. The van der Waals surface area contributed by atoms with Gasteiger partial charge in [0.25, 0.3) is 0 Å². The summed E-state index contributed by atoms with van der Waals surface area (Å²) in [5, 5.41) is 14.7. The van der Waals surface area contributed by atoms with Crippen LogP contribution in [0.25, 0.3) is 5.69 Å². The Bertz CT molecular complexity index is 702. The molecule has 0 radical (unpaired) electrons. The van der Waals surface area contributed by atoms with Crippen molar-refractivity contribution in [2.75, 3.05) is 5.32 Å². The van der Waals surface area contributed by atoms with Gasteiger partial charge >= 0.3 is 0 Å². The fourth-order valence-electron chi connectivity index (χ4n) is 2.06. The quantitative estimate of drug-likeness (QED) is 0.800. The first kappa shape index (κ1) is 12.8. The van der Waals surface area contributed by atoms with E-state index in [2.05, 4.69) is 52.9 Å². The third-order valence-electron chi connectivity index (χ3n) is 3.06. The van der Waals surface area contributed by atoms with E-state index in [4.69, 9.17) is 0 Å². The monoisotopic (exact) mass is 285 g/mol. The standard InChI is InChI=1S/C14H15N5S/c1-10-7-12(15-8-13-5-3-11(2)20-13)4-6-14(10)19-9-16-17-18-19/h3-7,9,15H,8H2,1-2H3. The summed E-state index contributed by atoms with van der Waals surface area (Å²) >= 11 is 1.82. The molecule has 3 aromatic rings. The summed E-state index contributed by atoms with van der Waals surface area (Å²) in [4.78, 5) is 2.68. The third-order valence-corrected chi connectivity index (χ3v) is 4.06. The highest BCUT2D eigenvalue weighted by molar-refractivity contribution is 7.11. The first-order valence-corrected chi connectivity index (χ1v) is 7.17. The van der Waals surface area contributed by atoms with Crippen molar-refractivity contribution in [1.82, 2.24) is 20.2 Å². The Kier molecular flexibility index (Phi) is 3.47. The third kappa shape index (κ3) is 2.70. The second-order valence-corrected chi connectivity index (χ2v) is 5.99. The van der Waals surface area contributed by atoms with Crippen molar-refractivity contribution in [3.8, 4) is 5.69 Å². The van der Waals surface area contributed by atoms with E-state index in [1.165, 1.54) is 9.75 Å². The van der Waals surface area contributed by atoms with Crippen molar-refractivity contribution in [2.24, 2.45) is 0 Å². The first-order chi connectivity index (χ1) is 9.72. The average Bonchev–Trinajstić information content (AvgIpc) is 3.08. The van der Waals surface area contributed by atoms with Crippen molar-refractivity contribution < 1.29 is 0 Å². The van der Waals surface area contributed by atoms with E-state index >= 15 is 0 Å². The summed E-state index contributed by atoms with van der Waals surface area (Å²) in [5.74, 6) is 0. The Morgan fingerprint density at radius 2 is 2.10 bits per heavy atom. The highest BCUT2D eigenvalue weighted by atomic mass is 32.1. The van der Waals surface area contributed by atoms with Crippen LogP contribution in [0.15, 0.2) is 36.7 Å². The zero-order valence-electron chi connectivity index (χ0n) is 11.4. The number of tetrazole rings is 1. The summed E-state index contributed by atoms with van der Waals surface area (Å²) in [6.07, 6.45) is 1.60. The number of aryl methyl sites for hydroxylation is 2. The molecule has 0 amide bonds. The van der Waals surface area contributed by atoms with E-state index in [1.807, 2.05) is 23.5 Å². The fraction of sp³-hybridized carbons (Fsp3) is 0.214. The number of hydrogen-bond donors (Lipinski definition) is 1. The highest BCUT2D eigenvalue weighted by Gasteiger charge is 2.04. The van der Waals surface area contributed by atoms with Crippen molar-refractivity contribution in [2.45, 2.75) is 20.4 Å². The summed E-state index contributed by atoms with van der Waals surface area (Å²) in [6.45, 7) is 5.03. The van der Waals surface area contributed by atoms with Crippen LogP contribution in [0, 0.1) is 13.8 Å². The molecule has 0 bridgehead atoms. The maximum absolute atomic E-state index is 3.91. The van der Waals surface area contributed by atoms with Gasteiger partial charge in [-0.3, -0.25) is 0 Å². The molecule has 6 heteroatoms. The minimum absolute atomic E-state index is 0.849. The minimum atomic E-state index is 0.849. The molecule has 0 aliphatic rings. The van der Waals surface area contributed by atoms with E-state index < -0.39 is 0 Å². The molecule has 0 aliphatic carbocycles. The van der Waals surface area contributed by atoms with Gasteiger partial charge in [0.1, 0.15) is 6.33 Å². The lowest BCUT2D eigenvalue weighted by Crippen LogP contribution is -2.01. The van der Waals surface area contributed by atoms with Crippen LogP contribution < -0.4 is 5.32 Å². The normalized spacial score (nSPS) is 10.7. The number of hydrogen-bond acceptors (Lipinski definition) is 5. The zero-order valence-corrected chi connectivity index (χ0v) is 12.2. The van der Waals surface area contributed by atoms with E-state index in [0.29, 0.717) is 0 Å². The molecule has 5 nitrogen and oxygen atoms in total. The SMILES string of the molecule is Cc1ccc(CNc2ccc(-n3cnnn3)c(C)c2)s1. The number of nitrogens with one attached hydrogen (secondary N) is 1. The number of rotatable bonds is 4. The summed E-state index contributed by atoms with van der Waals surface area (Å²) in [7, 11) is 0. The van der Waals surface area contributed by atoms with E-state index in [-0.39, 0.29) is 0 Å². The zero-order chi connectivity index (χ0) is 13.9. The van der Waals surface area contributed by atoms with Gasteiger partial charge in [0, 0.05) is 22.0 Å². The van der Waals surface area contributed by atoms with Crippen LogP contribution in [0.2, 0.25) is 0 Å². The molecule has 0 fully saturated rings. The maximum Gasteiger partial charge on any atom is 0.143 e. The topological polar surface area (TPSA) is 55.6 Å². The number of aromatic nitrogens is 4. The molecule has 0 spiro atoms. The molecule has 0 unspecified atom stereocenters. The highest BCUT2D eigenvalue weighted by Crippen LogP contribution is 2.20. The Hall–Kier alpha value is -2.21. The average molecular weight is 285 g/mol. The van der Waals surface area contributed by atoms with Crippen LogP contribution in [0.5, 0.6) is 0 Å². The van der Waals surface area contributed by atoms with Crippen molar-refractivity contribution in [3.63, 3.8) is 0 Å². The van der Waals surface area contributed by atoms with Gasteiger partial charge in [-0.2, -0.15) is 0 Å². The van der Waals surface area contributed by atoms with Crippen molar-refractivity contribution in [3.05, 3.63) is 52.0 Å². The van der Waals surface area contributed by atoms with Crippen LogP contribution in [-0.4, -0.2) is 20.2 Å². The predicted molar refractivity (Wildman–Crippen MR) is 80.3 cm³/mol. The summed E-state index contributed by atoms with van der Waals surface area (Å²) < 4.78 is 1.67. The van der Waals surface area contributed by atoms with Crippen LogP contribution in [0.3, 0.4) is 0 Å². The number of thiophene rings is 1. The van der Waals surface area contributed by atoms with Gasteiger partial charge in [0.2, 0.25) is 0 Å². The molecule has 2 heterocycles. The van der Waals surface area contributed by atoms with Gasteiger partial charge in [0.05, 0.1) is 5.69 Å². The Balaban J connectivity index is 1.74. The Morgan fingerprint density at radius 1 is 1.20 bits per heavy atom. The van der Waals surface area contributed by atoms with Gasteiger partial charge in [-0.25, -0.2) is 4.68 Å². The minimum Gasteiger partial charge on any atom is -0.380 e. The summed E-state index contributed by atoms with van der Waals surface area (Å²) in [5.41, 5.74) is 3.22. The molecule has 3 rings (SSSR count). The number of anilines is 1. The predicted octanol–water partition coefficient (Wildman–Crippen LogP) is 2.95. The number of benzene rings is 1. The molecule has 1 N–H and O–H groups in total. The lowest BCUT2D eigenvalue weighted by atomic mass is 10.2. The molecular formula is C14H15N5S. The van der Waals surface area contributed by atoms with Crippen LogP contribution >= 0.6 is 11.3 Å². The molecule has 102 valence electrons. The molecule has 0 saturated heterocycles. The fourth-order valence-corrected chi connectivity index (χ4v) is 2.89. The molecule has 0 saturated carbocycles. The first-order valence-electron chi connectivity index (χ1n) is 6.35. The molecule has 0 atom stereocenters. The van der Waals surface area contributed by atoms with E-state index in [9.17, 15) is 0 Å². The largest absolute Gasteiger partial charge is 0.380 e. The van der Waals surface area contributed by atoms with Gasteiger partial charge < -0.3 is 5.32 Å². The summed E-state index contributed by atoms with van der Waals surface area (Å²) in [6, 6.07) is 10.5. The van der Waals surface area contributed by atoms with Gasteiger partial charge in [0.15, 0.2) is 0 Å². The number of nitrogens with zero attached hydrogens (tertiary/aromatic N) is 4. The Morgan fingerprint density at radius 3 is 2.75 bits per heavy atom. The molecule has 1 aromatic carbocycles. The molecule has 0 aliphatic heterocycles. The van der Waals surface area contributed by atoms with E-state index in [0.717, 1.165) is 23.5 Å². The second kappa shape index (κ2) is 5.42. The van der Waals surface area contributed by atoms with Crippen molar-refractivity contribution in [1.29, 1.82) is 0 Å². The van der Waals surface area contributed by atoms with E-state index in [1.54, 1.807) is 11.0 Å². The maximum atomic E-state index is 3.91. The second-order valence-electron chi connectivity index (χ2n) is 4.62. The van der Waals surface area contributed by atoms with Gasteiger partial charge in [-0.05, 0) is 60.2 Å². The molecular weight excluding hydrogens is 270 g/mol. The lowest BCUT2D eigenvalue weighted by molar-refractivity contribution is 0.785. The van der Waals surface area contributed by atoms with Gasteiger partial charge in [-0.15, -0.1) is 16.4 Å². The van der Waals surface area contributed by atoms with Crippen LogP contribution in [0.1, 0.15) is 15.3 Å². The molecule has 2 aromatic heterocycles. The van der Waals surface area contributed by atoms with Crippen LogP contribution in [0.4, 0.5) is 5.69 Å². The van der Waals surface area contributed by atoms with Crippen LogP contribution in [-0.2, 0) is 6.54 Å². The van der Waals surface area contributed by atoms with Gasteiger partial charge in [-0.1, -0.05) is 0 Å². The smallest absolute Gasteiger partial charge is 0.143 e.